The zero-order valence-corrected chi connectivity index (χ0v) is 14.5. The van der Waals surface area contributed by atoms with Crippen LogP contribution < -0.4 is 16.2 Å². The molecule has 3 heterocycles. The Kier molecular flexibility index (Phi) is 4.09. The van der Waals surface area contributed by atoms with E-state index in [1.807, 2.05) is 37.3 Å². The van der Waals surface area contributed by atoms with E-state index in [2.05, 4.69) is 4.90 Å². The van der Waals surface area contributed by atoms with Crippen LogP contribution in [0.4, 0.5) is 5.82 Å². The van der Waals surface area contributed by atoms with Crippen molar-refractivity contribution in [2.45, 2.75) is 25.8 Å². The van der Waals surface area contributed by atoms with E-state index < -0.39 is 0 Å². The second kappa shape index (κ2) is 6.28. The van der Waals surface area contributed by atoms with Gasteiger partial charge in [0.15, 0.2) is 0 Å². The number of piperidine rings is 1. The lowest BCUT2D eigenvalue weighted by Gasteiger charge is -2.41. The third-order valence-corrected chi connectivity index (χ3v) is 5.64. The van der Waals surface area contributed by atoms with Gasteiger partial charge in [-0.15, -0.1) is 0 Å². The van der Waals surface area contributed by atoms with E-state index in [4.69, 9.17) is 15.5 Å². The normalized spacial score (nSPS) is 22.5. The number of aryl methyl sites for hydroxylation is 1. The molecule has 2 fully saturated rings. The molecule has 2 aliphatic rings. The Hall–Kier alpha value is -2.18. The van der Waals surface area contributed by atoms with Crippen LogP contribution in [0.5, 0.6) is 0 Å². The Morgan fingerprint density at radius 3 is 2.56 bits per heavy atom. The Bertz CT molecular complexity index is 810. The minimum atomic E-state index is -0.0464. The summed E-state index contributed by atoms with van der Waals surface area (Å²) in [4.78, 5) is 19.6. The standard InChI is InChI=1S/C19H24N4O2/c1-14-21-17(11-18(24)23(14)15-5-3-2-4-6-15)22-9-7-19(8-10-22)13-25-12-16(19)20/h2-6,11,16H,7-10,12-13,20H2,1H3/t16-/m1/s1. The average molecular weight is 340 g/mol. The molecule has 6 nitrogen and oxygen atoms in total. The number of anilines is 1. The van der Waals surface area contributed by atoms with Gasteiger partial charge in [0.1, 0.15) is 11.6 Å². The van der Waals surface area contributed by atoms with Crippen molar-refractivity contribution in [1.29, 1.82) is 0 Å². The molecule has 4 rings (SSSR count). The van der Waals surface area contributed by atoms with Crippen molar-refractivity contribution in [3.05, 3.63) is 52.6 Å². The molecule has 0 radical (unpaired) electrons. The lowest BCUT2D eigenvalue weighted by atomic mass is 9.75. The topological polar surface area (TPSA) is 73.4 Å². The number of rotatable bonds is 2. The molecule has 0 unspecified atom stereocenters. The predicted molar refractivity (Wildman–Crippen MR) is 97.2 cm³/mol. The van der Waals surface area contributed by atoms with Crippen LogP contribution in [-0.4, -0.2) is 41.9 Å². The first-order chi connectivity index (χ1) is 12.1. The van der Waals surface area contributed by atoms with E-state index in [0.717, 1.165) is 44.0 Å². The van der Waals surface area contributed by atoms with Gasteiger partial charge in [0.25, 0.3) is 5.56 Å². The lowest BCUT2D eigenvalue weighted by Crippen LogP contribution is -2.49. The number of nitrogens with two attached hydrogens (primary N) is 1. The van der Waals surface area contributed by atoms with Crippen molar-refractivity contribution in [2.75, 3.05) is 31.2 Å². The van der Waals surface area contributed by atoms with Crippen LogP contribution in [0.2, 0.25) is 0 Å². The van der Waals surface area contributed by atoms with Gasteiger partial charge in [-0.2, -0.15) is 0 Å². The fourth-order valence-electron chi connectivity index (χ4n) is 4.00. The third kappa shape index (κ3) is 2.85. The van der Waals surface area contributed by atoms with Gasteiger partial charge in [-0.05, 0) is 31.9 Å². The van der Waals surface area contributed by atoms with Crippen molar-refractivity contribution in [3.63, 3.8) is 0 Å². The Balaban J connectivity index is 1.58. The molecule has 2 aromatic rings. The molecule has 0 saturated carbocycles. The second-order valence-electron chi connectivity index (χ2n) is 7.14. The van der Waals surface area contributed by atoms with Gasteiger partial charge < -0.3 is 15.4 Å². The van der Waals surface area contributed by atoms with E-state index in [1.54, 1.807) is 10.6 Å². The van der Waals surface area contributed by atoms with Crippen molar-refractivity contribution >= 4 is 5.82 Å². The first-order valence-electron chi connectivity index (χ1n) is 8.83. The molecular weight excluding hydrogens is 316 g/mol. The largest absolute Gasteiger partial charge is 0.379 e. The minimum Gasteiger partial charge on any atom is -0.379 e. The van der Waals surface area contributed by atoms with E-state index >= 15 is 0 Å². The first kappa shape index (κ1) is 16.3. The van der Waals surface area contributed by atoms with Crippen LogP contribution in [0.1, 0.15) is 18.7 Å². The maximum Gasteiger partial charge on any atom is 0.260 e. The maximum atomic E-state index is 12.7. The molecular formula is C19H24N4O2. The molecule has 1 aromatic carbocycles. The number of benzene rings is 1. The molecule has 1 atom stereocenters. The number of nitrogens with zero attached hydrogens (tertiary/aromatic N) is 3. The van der Waals surface area contributed by atoms with Crippen LogP contribution in [0.3, 0.4) is 0 Å². The average Bonchev–Trinajstić information content (AvgIpc) is 2.96. The van der Waals surface area contributed by atoms with Gasteiger partial charge >= 0.3 is 0 Å². The van der Waals surface area contributed by atoms with Crippen LogP contribution in [0.15, 0.2) is 41.2 Å². The molecule has 0 aliphatic carbocycles. The SMILES string of the molecule is Cc1nc(N2CCC3(CC2)COC[C@H]3N)cc(=O)n1-c1ccccc1. The summed E-state index contributed by atoms with van der Waals surface area (Å²) in [5, 5.41) is 0. The summed E-state index contributed by atoms with van der Waals surface area (Å²) in [5.41, 5.74) is 7.15. The second-order valence-corrected chi connectivity index (χ2v) is 7.14. The highest BCUT2D eigenvalue weighted by molar-refractivity contribution is 5.41. The zero-order chi connectivity index (χ0) is 17.4. The predicted octanol–water partition coefficient (Wildman–Crippen LogP) is 1.49. The lowest BCUT2D eigenvalue weighted by molar-refractivity contribution is 0.131. The quantitative estimate of drug-likeness (QED) is 0.896. The summed E-state index contributed by atoms with van der Waals surface area (Å²) in [6.45, 7) is 5.01. The molecule has 2 aliphatic heterocycles. The summed E-state index contributed by atoms with van der Waals surface area (Å²) >= 11 is 0. The van der Waals surface area contributed by atoms with Crippen molar-refractivity contribution in [2.24, 2.45) is 11.1 Å². The van der Waals surface area contributed by atoms with Crippen LogP contribution >= 0.6 is 0 Å². The fourth-order valence-corrected chi connectivity index (χ4v) is 4.00. The van der Waals surface area contributed by atoms with Crippen LogP contribution in [0, 0.1) is 12.3 Å². The summed E-state index contributed by atoms with van der Waals surface area (Å²) in [6.07, 6.45) is 1.97. The molecule has 25 heavy (non-hydrogen) atoms. The molecule has 2 N–H and O–H groups in total. The van der Waals surface area contributed by atoms with Crippen LogP contribution in [0.25, 0.3) is 5.69 Å². The molecule has 6 heteroatoms. The number of hydrogen-bond donors (Lipinski definition) is 1. The van der Waals surface area contributed by atoms with Gasteiger partial charge in [0.2, 0.25) is 0 Å². The van der Waals surface area contributed by atoms with Gasteiger partial charge in [-0.25, -0.2) is 4.98 Å². The highest BCUT2D eigenvalue weighted by Crippen LogP contribution is 2.39. The van der Waals surface area contributed by atoms with Gasteiger partial charge in [0, 0.05) is 30.6 Å². The number of ether oxygens (including phenoxy) is 1. The van der Waals surface area contributed by atoms with E-state index in [1.165, 1.54) is 0 Å². The number of para-hydroxylation sites is 1. The molecule has 0 bridgehead atoms. The van der Waals surface area contributed by atoms with Gasteiger partial charge in [-0.1, -0.05) is 18.2 Å². The highest BCUT2D eigenvalue weighted by atomic mass is 16.5. The molecule has 0 amide bonds. The van der Waals surface area contributed by atoms with E-state index in [9.17, 15) is 4.79 Å². The van der Waals surface area contributed by atoms with E-state index in [-0.39, 0.29) is 17.0 Å². The first-order valence-corrected chi connectivity index (χ1v) is 8.83. The minimum absolute atomic E-state index is 0.0464. The van der Waals surface area contributed by atoms with Crippen molar-refractivity contribution in [1.82, 2.24) is 9.55 Å². The molecule has 132 valence electrons. The molecule has 1 aromatic heterocycles. The summed E-state index contributed by atoms with van der Waals surface area (Å²) in [6, 6.07) is 11.4. The summed E-state index contributed by atoms with van der Waals surface area (Å²) in [7, 11) is 0. The Labute approximate surface area is 147 Å². The monoisotopic (exact) mass is 340 g/mol. The molecule has 2 saturated heterocycles. The maximum absolute atomic E-state index is 12.7. The fraction of sp³-hybridized carbons (Fsp3) is 0.474. The highest BCUT2D eigenvalue weighted by Gasteiger charge is 2.44. The Morgan fingerprint density at radius 1 is 1.24 bits per heavy atom. The summed E-state index contributed by atoms with van der Waals surface area (Å²) < 4.78 is 7.23. The number of aromatic nitrogens is 2. The van der Waals surface area contributed by atoms with E-state index in [0.29, 0.717) is 12.4 Å². The number of hydrogen-bond acceptors (Lipinski definition) is 5. The zero-order valence-electron chi connectivity index (χ0n) is 14.5. The van der Waals surface area contributed by atoms with Gasteiger partial charge in [-0.3, -0.25) is 9.36 Å². The smallest absolute Gasteiger partial charge is 0.260 e. The third-order valence-electron chi connectivity index (χ3n) is 5.64. The Morgan fingerprint density at radius 2 is 1.96 bits per heavy atom. The van der Waals surface area contributed by atoms with Crippen molar-refractivity contribution in [3.8, 4) is 5.69 Å². The van der Waals surface area contributed by atoms with Crippen LogP contribution in [-0.2, 0) is 4.74 Å². The molecule has 1 spiro atoms. The van der Waals surface area contributed by atoms with Crippen molar-refractivity contribution < 1.29 is 4.74 Å². The summed E-state index contributed by atoms with van der Waals surface area (Å²) in [5.74, 6) is 1.46. The van der Waals surface area contributed by atoms with Gasteiger partial charge in [0.05, 0.1) is 18.9 Å².